The van der Waals surface area contributed by atoms with E-state index in [0.717, 1.165) is 29.5 Å². The predicted molar refractivity (Wildman–Crippen MR) is 104 cm³/mol. The molecule has 0 atom stereocenters. The maximum atomic E-state index is 5.77. The van der Waals surface area contributed by atoms with Gasteiger partial charge in [-0.25, -0.2) is 0 Å². The third-order valence-electron chi connectivity index (χ3n) is 3.85. The summed E-state index contributed by atoms with van der Waals surface area (Å²) in [6.45, 7) is 1.74. The number of methoxy groups -OCH3 is 1. The van der Waals surface area contributed by atoms with Crippen molar-refractivity contribution in [1.29, 1.82) is 0 Å². The quantitative estimate of drug-likeness (QED) is 0.565. The van der Waals surface area contributed by atoms with Crippen molar-refractivity contribution >= 4 is 5.69 Å². The third kappa shape index (κ3) is 5.45. The van der Waals surface area contributed by atoms with Crippen LogP contribution in [0, 0.1) is 0 Å². The van der Waals surface area contributed by atoms with Crippen LogP contribution in [-0.4, -0.2) is 20.3 Å². The number of ether oxygens (including phenoxy) is 3. The van der Waals surface area contributed by atoms with Gasteiger partial charge in [0.1, 0.15) is 30.5 Å². The van der Waals surface area contributed by atoms with Gasteiger partial charge in [-0.15, -0.1) is 0 Å². The van der Waals surface area contributed by atoms with Crippen LogP contribution >= 0.6 is 0 Å². The Balaban J connectivity index is 1.45. The first-order valence-electron chi connectivity index (χ1n) is 8.61. The summed E-state index contributed by atoms with van der Waals surface area (Å²) >= 11 is 0. The Hall–Kier alpha value is -3.14. The molecule has 0 heterocycles. The molecule has 4 nitrogen and oxygen atoms in total. The second-order valence-corrected chi connectivity index (χ2v) is 5.74. The minimum Gasteiger partial charge on any atom is -0.497 e. The Kier molecular flexibility index (Phi) is 6.37. The van der Waals surface area contributed by atoms with Gasteiger partial charge in [0.15, 0.2) is 0 Å². The van der Waals surface area contributed by atoms with Gasteiger partial charge in [0.2, 0.25) is 0 Å². The van der Waals surface area contributed by atoms with E-state index in [1.54, 1.807) is 7.11 Å². The second-order valence-electron chi connectivity index (χ2n) is 5.74. The summed E-state index contributed by atoms with van der Waals surface area (Å²) in [5.74, 6) is 2.54. The van der Waals surface area contributed by atoms with E-state index in [0.29, 0.717) is 13.2 Å². The van der Waals surface area contributed by atoms with E-state index in [1.165, 1.54) is 5.56 Å². The Morgan fingerprint density at radius 1 is 0.692 bits per heavy atom. The molecule has 0 bridgehead atoms. The summed E-state index contributed by atoms with van der Waals surface area (Å²) in [5, 5.41) is 3.40. The zero-order valence-corrected chi connectivity index (χ0v) is 14.9. The van der Waals surface area contributed by atoms with Gasteiger partial charge in [0.05, 0.1) is 7.11 Å². The molecule has 0 aliphatic rings. The van der Waals surface area contributed by atoms with Crippen LogP contribution in [0.5, 0.6) is 17.2 Å². The zero-order valence-electron chi connectivity index (χ0n) is 14.9. The smallest absolute Gasteiger partial charge is 0.122 e. The topological polar surface area (TPSA) is 39.7 Å². The van der Waals surface area contributed by atoms with Gasteiger partial charge in [-0.05, 0) is 42.0 Å². The van der Waals surface area contributed by atoms with Gasteiger partial charge in [0.25, 0.3) is 0 Å². The maximum absolute atomic E-state index is 5.77. The molecule has 3 aromatic carbocycles. The van der Waals surface area contributed by atoms with E-state index in [2.05, 4.69) is 5.32 Å². The van der Waals surface area contributed by atoms with Crippen LogP contribution in [0.4, 0.5) is 5.69 Å². The zero-order chi connectivity index (χ0) is 18.0. The first kappa shape index (κ1) is 17.7. The Morgan fingerprint density at radius 2 is 1.38 bits per heavy atom. The second kappa shape index (κ2) is 9.37. The van der Waals surface area contributed by atoms with Gasteiger partial charge in [0, 0.05) is 18.3 Å². The first-order valence-corrected chi connectivity index (χ1v) is 8.61. The number of rotatable bonds is 9. The van der Waals surface area contributed by atoms with Crippen LogP contribution in [0.15, 0.2) is 78.9 Å². The lowest BCUT2D eigenvalue weighted by Crippen LogP contribution is -2.09. The lowest BCUT2D eigenvalue weighted by molar-refractivity contribution is 0.217. The SMILES string of the molecule is COc1ccc(CNc2cccc(OCCOc3ccccc3)c2)cc1. The monoisotopic (exact) mass is 349 g/mol. The van der Waals surface area contributed by atoms with E-state index in [4.69, 9.17) is 14.2 Å². The molecule has 3 rings (SSSR count). The number of hydrogen-bond acceptors (Lipinski definition) is 4. The Bertz CT molecular complexity index is 788. The highest BCUT2D eigenvalue weighted by Crippen LogP contribution is 2.19. The van der Waals surface area contributed by atoms with Crippen molar-refractivity contribution < 1.29 is 14.2 Å². The lowest BCUT2D eigenvalue weighted by Gasteiger charge is -2.11. The Labute approximate surface area is 154 Å². The van der Waals surface area contributed by atoms with Crippen LogP contribution in [-0.2, 0) is 6.54 Å². The Morgan fingerprint density at radius 3 is 2.12 bits per heavy atom. The molecule has 0 aromatic heterocycles. The maximum Gasteiger partial charge on any atom is 0.122 e. The van der Waals surface area contributed by atoms with E-state index >= 15 is 0 Å². The molecule has 4 heteroatoms. The van der Waals surface area contributed by atoms with Crippen molar-refractivity contribution in [2.24, 2.45) is 0 Å². The summed E-state index contributed by atoms with van der Waals surface area (Å²) in [6.07, 6.45) is 0. The standard InChI is InChI=1S/C22H23NO3/c1-24-20-12-10-18(11-13-20)17-23-19-6-5-9-22(16-19)26-15-14-25-21-7-3-2-4-8-21/h2-13,16,23H,14-15,17H2,1H3. The highest BCUT2D eigenvalue weighted by atomic mass is 16.5. The number of para-hydroxylation sites is 1. The van der Waals surface area contributed by atoms with Crippen molar-refractivity contribution in [2.45, 2.75) is 6.54 Å². The molecule has 0 unspecified atom stereocenters. The van der Waals surface area contributed by atoms with Crippen LogP contribution in [0.3, 0.4) is 0 Å². The average molecular weight is 349 g/mol. The number of hydrogen-bond donors (Lipinski definition) is 1. The minimum absolute atomic E-state index is 0.497. The molecule has 134 valence electrons. The summed E-state index contributed by atoms with van der Waals surface area (Å²) in [6, 6.07) is 25.7. The van der Waals surface area contributed by atoms with Gasteiger partial charge in [-0.2, -0.15) is 0 Å². The molecule has 3 aromatic rings. The van der Waals surface area contributed by atoms with Crippen molar-refractivity contribution in [1.82, 2.24) is 0 Å². The van der Waals surface area contributed by atoms with E-state index < -0.39 is 0 Å². The van der Waals surface area contributed by atoms with E-state index in [9.17, 15) is 0 Å². The number of benzene rings is 3. The summed E-state index contributed by atoms with van der Waals surface area (Å²) in [5.41, 5.74) is 2.20. The minimum atomic E-state index is 0.497. The molecule has 0 saturated carbocycles. The van der Waals surface area contributed by atoms with Crippen LogP contribution < -0.4 is 19.5 Å². The molecule has 1 N–H and O–H groups in total. The molecule has 0 aliphatic heterocycles. The third-order valence-corrected chi connectivity index (χ3v) is 3.85. The fourth-order valence-electron chi connectivity index (χ4n) is 2.48. The van der Waals surface area contributed by atoms with Gasteiger partial charge < -0.3 is 19.5 Å². The summed E-state index contributed by atoms with van der Waals surface area (Å²) in [7, 11) is 1.67. The highest BCUT2D eigenvalue weighted by molar-refractivity contribution is 5.48. The molecule has 26 heavy (non-hydrogen) atoms. The predicted octanol–water partition coefficient (Wildman–Crippen LogP) is 4.77. The average Bonchev–Trinajstić information content (AvgIpc) is 2.71. The summed E-state index contributed by atoms with van der Waals surface area (Å²) < 4.78 is 16.6. The first-order chi connectivity index (χ1) is 12.8. The molecule has 0 saturated heterocycles. The fourth-order valence-corrected chi connectivity index (χ4v) is 2.48. The van der Waals surface area contributed by atoms with Crippen LogP contribution in [0.1, 0.15) is 5.56 Å². The molecule has 0 spiro atoms. The van der Waals surface area contributed by atoms with Crippen molar-refractivity contribution in [3.05, 3.63) is 84.4 Å². The molecule has 0 aliphatic carbocycles. The van der Waals surface area contributed by atoms with Crippen LogP contribution in [0.2, 0.25) is 0 Å². The van der Waals surface area contributed by atoms with Crippen molar-refractivity contribution in [3.8, 4) is 17.2 Å². The highest BCUT2D eigenvalue weighted by Gasteiger charge is 1.99. The van der Waals surface area contributed by atoms with E-state index in [-0.39, 0.29) is 0 Å². The van der Waals surface area contributed by atoms with Crippen molar-refractivity contribution in [2.75, 3.05) is 25.6 Å². The normalized spacial score (nSPS) is 10.2. The fraction of sp³-hybridized carbons (Fsp3) is 0.182. The molecular formula is C22H23NO3. The summed E-state index contributed by atoms with van der Waals surface area (Å²) in [4.78, 5) is 0. The largest absolute Gasteiger partial charge is 0.497 e. The van der Waals surface area contributed by atoms with Gasteiger partial charge in [-0.3, -0.25) is 0 Å². The number of nitrogens with one attached hydrogen (secondary N) is 1. The van der Waals surface area contributed by atoms with Crippen molar-refractivity contribution in [3.63, 3.8) is 0 Å². The van der Waals surface area contributed by atoms with Gasteiger partial charge in [-0.1, -0.05) is 36.4 Å². The van der Waals surface area contributed by atoms with Crippen LogP contribution in [0.25, 0.3) is 0 Å². The molecule has 0 fully saturated rings. The molecule has 0 radical (unpaired) electrons. The lowest BCUT2D eigenvalue weighted by atomic mass is 10.2. The molecule has 0 amide bonds. The van der Waals surface area contributed by atoms with E-state index in [1.807, 2.05) is 78.9 Å². The number of anilines is 1. The molecular weight excluding hydrogens is 326 g/mol. The van der Waals surface area contributed by atoms with Gasteiger partial charge >= 0.3 is 0 Å².